The number of hydrogen-bond donors (Lipinski definition) is 0. The lowest BCUT2D eigenvalue weighted by Gasteiger charge is -1.99. The van der Waals surface area contributed by atoms with Crippen LogP contribution in [-0.4, -0.2) is 0 Å². The van der Waals surface area contributed by atoms with E-state index in [0.717, 1.165) is 6.42 Å². The van der Waals surface area contributed by atoms with E-state index in [2.05, 4.69) is 18.3 Å². The highest BCUT2D eigenvalue weighted by Crippen LogP contribution is 2.11. The van der Waals surface area contributed by atoms with Crippen LogP contribution in [0.1, 0.15) is 64.2 Å². The summed E-state index contributed by atoms with van der Waals surface area (Å²) in [5.41, 5.74) is 0. The summed E-state index contributed by atoms with van der Waals surface area (Å²) in [6.45, 7) is 0. The Bertz CT molecular complexity index is 143. The molecule has 0 spiro atoms. The summed E-state index contributed by atoms with van der Waals surface area (Å²) in [5.74, 6) is 6.37. The minimum atomic E-state index is 1.11. The van der Waals surface area contributed by atoms with Crippen LogP contribution >= 0.6 is 0 Å². The van der Waals surface area contributed by atoms with Gasteiger partial charge in [0, 0.05) is 12.8 Å². The first-order chi connectivity index (χ1) is 6.50. The van der Waals surface area contributed by atoms with Crippen molar-refractivity contribution in [3.05, 3.63) is 6.42 Å². The van der Waals surface area contributed by atoms with Gasteiger partial charge in [-0.05, 0) is 12.8 Å². The standard InChI is InChI=1S/C13H21/c1-2-4-6-8-10-12-13-11-9-7-5-3-1/h1H,2,4,6-13H2. The lowest BCUT2D eigenvalue weighted by atomic mass is 10.1. The average molecular weight is 177 g/mol. The topological polar surface area (TPSA) is 0 Å². The van der Waals surface area contributed by atoms with Gasteiger partial charge in [0.05, 0.1) is 0 Å². The van der Waals surface area contributed by atoms with Crippen LogP contribution in [0.4, 0.5) is 0 Å². The SMILES string of the molecule is C1#CCCCCCCCCCC[CH]1. The fraction of sp³-hybridized carbons (Fsp3) is 0.769. The van der Waals surface area contributed by atoms with Crippen molar-refractivity contribution < 1.29 is 0 Å². The van der Waals surface area contributed by atoms with Gasteiger partial charge in [0.15, 0.2) is 0 Å². The molecule has 0 aromatic carbocycles. The molecule has 0 saturated heterocycles. The molecule has 0 bridgehead atoms. The first kappa shape index (κ1) is 10.6. The molecule has 0 aliphatic heterocycles. The van der Waals surface area contributed by atoms with Crippen LogP contribution in [0.25, 0.3) is 0 Å². The van der Waals surface area contributed by atoms with Gasteiger partial charge < -0.3 is 0 Å². The van der Waals surface area contributed by atoms with E-state index < -0.39 is 0 Å². The Balaban J connectivity index is 2.12. The van der Waals surface area contributed by atoms with E-state index in [1.807, 2.05) is 0 Å². The third-order valence-corrected chi connectivity index (χ3v) is 2.60. The van der Waals surface area contributed by atoms with E-state index in [9.17, 15) is 0 Å². The minimum Gasteiger partial charge on any atom is -0.103 e. The molecule has 13 heavy (non-hydrogen) atoms. The van der Waals surface area contributed by atoms with Crippen molar-refractivity contribution in [1.82, 2.24) is 0 Å². The van der Waals surface area contributed by atoms with Crippen LogP contribution in [0.15, 0.2) is 0 Å². The largest absolute Gasteiger partial charge is 0.103 e. The third kappa shape index (κ3) is 6.70. The molecule has 0 saturated carbocycles. The van der Waals surface area contributed by atoms with Gasteiger partial charge in [-0.25, -0.2) is 0 Å². The summed E-state index contributed by atoms with van der Waals surface area (Å²) in [6, 6.07) is 0. The van der Waals surface area contributed by atoms with Gasteiger partial charge in [0.2, 0.25) is 0 Å². The van der Waals surface area contributed by atoms with Gasteiger partial charge in [-0.2, -0.15) is 0 Å². The Morgan fingerprint density at radius 1 is 0.692 bits per heavy atom. The maximum absolute atomic E-state index is 3.22. The van der Waals surface area contributed by atoms with Crippen LogP contribution in [0, 0.1) is 18.3 Å². The van der Waals surface area contributed by atoms with Crippen LogP contribution in [0.5, 0.6) is 0 Å². The number of rotatable bonds is 0. The zero-order chi connectivity index (χ0) is 9.19. The molecule has 1 rings (SSSR count). The monoisotopic (exact) mass is 177 g/mol. The van der Waals surface area contributed by atoms with Crippen molar-refractivity contribution >= 4 is 0 Å². The van der Waals surface area contributed by atoms with Crippen LogP contribution < -0.4 is 0 Å². The second-order valence-electron chi connectivity index (χ2n) is 3.89. The van der Waals surface area contributed by atoms with E-state index in [1.54, 1.807) is 0 Å². The number of hydrogen-bond acceptors (Lipinski definition) is 0. The predicted octanol–water partition coefficient (Wildman–Crippen LogP) is 4.11. The molecule has 0 atom stereocenters. The summed E-state index contributed by atoms with van der Waals surface area (Å²) in [7, 11) is 0. The molecule has 0 amide bonds. The average Bonchev–Trinajstić information content (AvgIpc) is 2.18. The fourth-order valence-electron chi connectivity index (χ4n) is 1.74. The van der Waals surface area contributed by atoms with Gasteiger partial charge >= 0.3 is 0 Å². The molecule has 0 aromatic heterocycles. The van der Waals surface area contributed by atoms with Gasteiger partial charge in [-0.15, -0.1) is 5.92 Å². The smallest absolute Gasteiger partial charge is 0.0340 e. The van der Waals surface area contributed by atoms with Crippen molar-refractivity contribution in [2.24, 2.45) is 0 Å². The summed E-state index contributed by atoms with van der Waals surface area (Å²) in [4.78, 5) is 0. The lowest BCUT2D eigenvalue weighted by Crippen LogP contribution is -1.80. The van der Waals surface area contributed by atoms with Crippen LogP contribution in [0.2, 0.25) is 0 Å². The molecule has 0 nitrogen and oxygen atoms in total. The van der Waals surface area contributed by atoms with Crippen molar-refractivity contribution in [2.45, 2.75) is 64.2 Å². The van der Waals surface area contributed by atoms with Crippen LogP contribution in [-0.2, 0) is 0 Å². The molecule has 0 fully saturated rings. The first-order valence-corrected chi connectivity index (χ1v) is 5.80. The molecule has 0 aromatic rings. The highest BCUT2D eigenvalue weighted by atomic mass is 14.0. The Kier molecular flexibility index (Phi) is 6.69. The van der Waals surface area contributed by atoms with Crippen LogP contribution in [0.3, 0.4) is 0 Å². The Morgan fingerprint density at radius 3 is 2.08 bits per heavy atom. The highest BCUT2D eigenvalue weighted by molar-refractivity contribution is 5.09. The third-order valence-electron chi connectivity index (χ3n) is 2.60. The Morgan fingerprint density at radius 2 is 1.31 bits per heavy atom. The quantitative estimate of drug-likeness (QED) is 0.488. The molecule has 73 valence electrons. The molecule has 0 unspecified atom stereocenters. The Labute approximate surface area is 83.1 Å². The maximum atomic E-state index is 3.22. The summed E-state index contributed by atoms with van der Waals surface area (Å²) >= 11 is 0. The van der Waals surface area contributed by atoms with Crippen molar-refractivity contribution in [3.63, 3.8) is 0 Å². The second-order valence-corrected chi connectivity index (χ2v) is 3.89. The summed E-state index contributed by atoms with van der Waals surface area (Å²) < 4.78 is 0. The molecule has 0 heteroatoms. The Hall–Kier alpha value is -0.440. The van der Waals surface area contributed by atoms with E-state index in [4.69, 9.17) is 0 Å². The molecule has 1 radical (unpaired) electrons. The van der Waals surface area contributed by atoms with E-state index in [-0.39, 0.29) is 0 Å². The van der Waals surface area contributed by atoms with Gasteiger partial charge in [0.1, 0.15) is 0 Å². The zero-order valence-electron chi connectivity index (χ0n) is 8.65. The summed E-state index contributed by atoms with van der Waals surface area (Å²) in [5, 5.41) is 0. The predicted molar refractivity (Wildman–Crippen MR) is 58.2 cm³/mol. The molecule has 0 N–H and O–H groups in total. The minimum absolute atomic E-state index is 1.11. The normalized spacial score (nSPS) is 21.5. The van der Waals surface area contributed by atoms with Crippen molar-refractivity contribution in [1.29, 1.82) is 0 Å². The van der Waals surface area contributed by atoms with Gasteiger partial charge in [0.25, 0.3) is 0 Å². The van der Waals surface area contributed by atoms with Gasteiger partial charge in [-0.1, -0.05) is 50.9 Å². The molecule has 1 aliphatic rings. The highest BCUT2D eigenvalue weighted by Gasteiger charge is 1.93. The second kappa shape index (κ2) is 8.17. The van der Waals surface area contributed by atoms with E-state index in [0.29, 0.717) is 0 Å². The lowest BCUT2D eigenvalue weighted by molar-refractivity contribution is 0.572. The molecular weight excluding hydrogens is 156 g/mol. The van der Waals surface area contributed by atoms with Crippen molar-refractivity contribution in [2.75, 3.05) is 0 Å². The zero-order valence-corrected chi connectivity index (χ0v) is 8.65. The summed E-state index contributed by atoms with van der Waals surface area (Å²) in [6.07, 6.45) is 15.6. The first-order valence-electron chi connectivity index (χ1n) is 5.80. The molecule has 1 aliphatic carbocycles. The molecule has 0 heterocycles. The fourth-order valence-corrected chi connectivity index (χ4v) is 1.74. The van der Waals surface area contributed by atoms with E-state index >= 15 is 0 Å². The molecular formula is C13H21. The van der Waals surface area contributed by atoms with Gasteiger partial charge in [-0.3, -0.25) is 0 Å². The van der Waals surface area contributed by atoms with Crippen molar-refractivity contribution in [3.8, 4) is 11.8 Å². The van der Waals surface area contributed by atoms with E-state index in [1.165, 1.54) is 57.8 Å². The maximum Gasteiger partial charge on any atom is 0.0340 e.